The number of phenolic OH excluding ortho intramolecular Hbond substituents is 1. The van der Waals surface area contributed by atoms with Gasteiger partial charge in [-0.3, -0.25) is 4.79 Å². The Hall–Kier alpha value is -3.03. The minimum atomic E-state index is -0.875. The highest BCUT2D eigenvalue weighted by Crippen LogP contribution is 2.45. The second-order valence-corrected chi connectivity index (χ2v) is 8.88. The minimum absolute atomic E-state index is 0.0916. The zero-order valence-corrected chi connectivity index (χ0v) is 17.4. The van der Waals surface area contributed by atoms with Gasteiger partial charge in [-0.1, -0.05) is 0 Å². The predicted molar refractivity (Wildman–Crippen MR) is 114 cm³/mol. The molecule has 2 aliphatic rings. The summed E-state index contributed by atoms with van der Waals surface area (Å²) in [4.78, 5) is 14.1. The molecule has 2 heterocycles. The quantitative estimate of drug-likeness (QED) is 0.690. The van der Waals surface area contributed by atoms with Crippen LogP contribution in [0.2, 0.25) is 0 Å². The number of phenols is 1. The van der Waals surface area contributed by atoms with Crippen LogP contribution in [0, 0.1) is 17.7 Å². The Labute approximate surface area is 178 Å². The number of rotatable bonds is 3. The Morgan fingerprint density at radius 1 is 1.16 bits per heavy atom. The molecule has 2 bridgehead atoms. The normalized spacial score (nSPS) is 25.2. The van der Waals surface area contributed by atoms with Crippen LogP contribution in [0.3, 0.4) is 0 Å². The first-order valence-electron chi connectivity index (χ1n) is 10.6. The number of hydrogen-bond donors (Lipinski definition) is 1. The number of aromatic hydroxyl groups is 1. The van der Waals surface area contributed by atoms with Crippen molar-refractivity contribution in [2.45, 2.75) is 37.9 Å². The van der Waals surface area contributed by atoms with Gasteiger partial charge in [0.25, 0.3) is 5.56 Å². The van der Waals surface area contributed by atoms with E-state index in [-0.39, 0.29) is 34.0 Å². The van der Waals surface area contributed by atoms with E-state index in [1.54, 1.807) is 12.1 Å². The van der Waals surface area contributed by atoms with Crippen molar-refractivity contribution in [1.29, 1.82) is 0 Å². The van der Waals surface area contributed by atoms with Gasteiger partial charge < -0.3 is 14.6 Å². The first-order valence-corrected chi connectivity index (χ1v) is 10.6. The standard InChI is InChI=1S/C23H24F2N4O2/c1-28-11-17(24)14-9-16(20(30)10-15(14)23(28)31)18-5-6-21(27-26-18)29(2)19-8-12-3-4-13(7-12)22(19)25/h5-6,9-13,19,22,30H,3-4,7-8H2,1-2H3/t12-,13+,19+,22-/m0/s1. The number of halogens is 2. The van der Waals surface area contributed by atoms with Gasteiger partial charge in [-0.05, 0) is 61.8 Å². The Morgan fingerprint density at radius 3 is 2.71 bits per heavy atom. The minimum Gasteiger partial charge on any atom is -0.507 e. The first-order chi connectivity index (χ1) is 14.8. The fraction of sp³-hybridized carbons (Fsp3) is 0.435. The molecule has 2 aliphatic carbocycles. The molecule has 0 amide bonds. The lowest BCUT2D eigenvalue weighted by atomic mass is 9.83. The molecule has 8 heteroatoms. The molecule has 2 fully saturated rings. The van der Waals surface area contributed by atoms with Crippen molar-refractivity contribution in [2.75, 3.05) is 11.9 Å². The van der Waals surface area contributed by atoms with E-state index in [0.29, 0.717) is 17.4 Å². The van der Waals surface area contributed by atoms with Gasteiger partial charge in [0.15, 0.2) is 5.82 Å². The first kappa shape index (κ1) is 19.9. The number of aryl methyl sites for hydroxylation is 1. The van der Waals surface area contributed by atoms with Gasteiger partial charge in [-0.25, -0.2) is 8.78 Å². The smallest absolute Gasteiger partial charge is 0.258 e. The van der Waals surface area contributed by atoms with Crippen LogP contribution in [0.4, 0.5) is 14.6 Å². The Morgan fingerprint density at radius 2 is 1.97 bits per heavy atom. The summed E-state index contributed by atoms with van der Waals surface area (Å²) in [7, 11) is 3.29. The number of aromatic nitrogens is 3. The molecule has 0 unspecified atom stereocenters. The number of pyridine rings is 1. The van der Waals surface area contributed by atoms with Gasteiger partial charge in [0.1, 0.15) is 17.7 Å². The highest BCUT2D eigenvalue weighted by molar-refractivity contribution is 5.89. The summed E-state index contributed by atoms with van der Waals surface area (Å²) >= 11 is 0. The fourth-order valence-corrected chi connectivity index (χ4v) is 5.26. The molecule has 0 radical (unpaired) electrons. The third-order valence-corrected chi connectivity index (χ3v) is 7.01. The zero-order valence-electron chi connectivity index (χ0n) is 17.4. The monoisotopic (exact) mass is 426 g/mol. The average molecular weight is 426 g/mol. The molecule has 6 nitrogen and oxygen atoms in total. The van der Waals surface area contributed by atoms with Gasteiger partial charge >= 0.3 is 0 Å². The third kappa shape index (κ3) is 3.25. The molecular weight excluding hydrogens is 402 g/mol. The van der Waals surface area contributed by atoms with E-state index in [1.165, 1.54) is 19.2 Å². The van der Waals surface area contributed by atoms with Crippen LogP contribution < -0.4 is 10.5 Å². The lowest BCUT2D eigenvalue weighted by molar-refractivity contribution is 0.144. The summed E-state index contributed by atoms with van der Waals surface area (Å²) in [6, 6.07) is 5.85. The maximum absolute atomic E-state index is 14.9. The van der Waals surface area contributed by atoms with Crippen LogP contribution in [0.5, 0.6) is 5.75 Å². The van der Waals surface area contributed by atoms with Crippen molar-refractivity contribution < 1.29 is 13.9 Å². The average Bonchev–Trinajstić information content (AvgIpc) is 3.17. The van der Waals surface area contributed by atoms with Crippen molar-refractivity contribution >= 4 is 16.6 Å². The number of nitrogens with zero attached hydrogens (tertiary/aromatic N) is 4. The molecule has 0 saturated heterocycles. The molecule has 0 spiro atoms. The van der Waals surface area contributed by atoms with E-state index in [4.69, 9.17) is 0 Å². The summed E-state index contributed by atoms with van der Waals surface area (Å²) in [5.74, 6) is 0.518. The molecule has 162 valence electrons. The van der Waals surface area contributed by atoms with Crippen LogP contribution in [0.25, 0.3) is 22.0 Å². The largest absolute Gasteiger partial charge is 0.507 e. The second kappa shape index (κ2) is 7.28. The summed E-state index contributed by atoms with van der Waals surface area (Å²) in [6.45, 7) is 0. The van der Waals surface area contributed by atoms with E-state index >= 15 is 0 Å². The summed E-state index contributed by atoms with van der Waals surface area (Å²) in [5, 5.41) is 19.1. The van der Waals surface area contributed by atoms with Gasteiger partial charge in [0, 0.05) is 31.2 Å². The topological polar surface area (TPSA) is 71.2 Å². The van der Waals surface area contributed by atoms with Crippen LogP contribution in [-0.4, -0.2) is 39.1 Å². The molecule has 2 saturated carbocycles. The Balaban J connectivity index is 1.47. The van der Waals surface area contributed by atoms with E-state index in [2.05, 4.69) is 10.2 Å². The summed E-state index contributed by atoms with van der Waals surface area (Å²) < 4.78 is 30.5. The summed E-state index contributed by atoms with van der Waals surface area (Å²) in [6.07, 6.45) is 4.09. The van der Waals surface area contributed by atoms with E-state index < -0.39 is 17.5 Å². The van der Waals surface area contributed by atoms with Crippen LogP contribution in [0.1, 0.15) is 25.7 Å². The van der Waals surface area contributed by atoms with Crippen LogP contribution >= 0.6 is 0 Å². The van der Waals surface area contributed by atoms with Gasteiger partial charge in [-0.2, -0.15) is 0 Å². The molecule has 5 rings (SSSR count). The Bertz CT molecular complexity index is 1210. The SMILES string of the molecule is CN(c1ccc(-c2cc3c(F)cn(C)c(=O)c3cc2O)nn1)[C@@H]1C[C@H]2CC[C@H](C2)[C@@H]1F. The lowest BCUT2D eigenvalue weighted by Gasteiger charge is -2.38. The highest BCUT2D eigenvalue weighted by atomic mass is 19.1. The zero-order chi connectivity index (χ0) is 21.9. The molecular formula is C23H24F2N4O2. The van der Waals surface area contributed by atoms with Gasteiger partial charge in [0.2, 0.25) is 0 Å². The highest BCUT2D eigenvalue weighted by Gasteiger charge is 2.44. The van der Waals surface area contributed by atoms with Crippen molar-refractivity contribution in [2.24, 2.45) is 18.9 Å². The van der Waals surface area contributed by atoms with E-state index in [0.717, 1.165) is 36.4 Å². The molecule has 31 heavy (non-hydrogen) atoms. The number of fused-ring (bicyclic) bond motifs is 3. The molecule has 4 atom stereocenters. The fourth-order valence-electron chi connectivity index (χ4n) is 5.26. The van der Waals surface area contributed by atoms with Gasteiger partial charge in [0.05, 0.1) is 17.1 Å². The van der Waals surface area contributed by atoms with Crippen molar-refractivity contribution in [1.82, 2.24) is 14.8 Å². The van der Waals surface area contributed by atoms with Crippen molar-refractivity contribution in [3.8, 4) is 17.0 Å². The lowest BCUT2D eigenvalue weighted by Crippen LogP contribution is -2.46. The van der Waals surface area contributed by atoms with E-state index in [1.807, 2.05) is 11.9 Å². The Kier molecular flexibility index (Phi) is 4.68. The number of hydrogen-bond acceptors (Lipinski definition) is 5. The predicted octanol–water partition coefficient (Wildman–Crippen LogP) is 3.80. The van der Waals surface area contributed by atoms with Crippen molar-refractivity contribution in [3.63, 3.8) is 0 Å². The van der Waals surface area contributed by atoms with Crippen LogP contribution in [0.15, 0.2) is 35.3 Å². The van der Waals surface area contributed by atoms with Crippen LogP contribution in [-0.2, 0) is 7.05 Å². The molecule has 1 aromatic carbocycles. The third-order valence-electron chi connectivity index (χ3n) is 7.01. The number of alkyl halides is 1. The molecule has 0 aliphatic heterocycles. The van der Waals surface area contributed by atoms with E-state index in [9.17, 15) is 18.7 Å². The number of benzene rings is 1. The maximum atomic E-state index is 14.9. The molecule has 3 aromatic rings. The number of anilines is 1. The van der Waals surface area contributed by atoms with Gasteiger partial charge in [-0.15, -0.1) is 10.2 Å². The molecule has 1 N–H and O–H groups in total. The second-order valence-electron chi connectivity index (χ2n) is 8.88. The molecule has 2 aromatic heterocycles. The van der Waals surface area contributed by atoms with Crippen molar-refractivity contribution in [3.05, 3.63) is 46.6 Å². The summed E-state index contributed by atoms with van der Waals surface area (Å²) in [5.41, 5.74) is 0.223. The maximum Gasteiger partial charge on any atom is 0.258 e.